The molecule has 0 aliphatic rings. The largest absolute Gasteiger partial charge is 0.295 e. The van der Waals surface area contributed by atoms with Crippen LogP contribution in [0.2, 0.25) is 0 Å². The highest BCUT2D eigenvalue weighted by molar-refractivity contribution is 9.10. The molecule has 3 heterocycles. The summed E-state index contributed by atoms with van der Waals surface area (Å²) in [5.41, 5.74) is 0.674. The molecule has 1 N–H and O–H groups in total. The van der Waals surface area contributed by atoms with Crippen LogP contribution in [0.25, 0.3) is 15.9 Å². The maximum absolute atomic E-state index is 12.7. The zero-order valence-corrected chi connectivity index (χ0v) is 15.3. The first-order valence-electron chi connectivity index (χ1n) is 6.13. The third-order valence-corrected chi connectivity index (χ3v) is 6.00. The minimum Gasteiger partial charge on any atom is -0.278 e. The Labute approximate surface area is 149 Å². The molecule has 0 aliphatic carbocycles. The molecule has 0 radical (unpaired) electrons. The zero-order chi connectivity index (χ0) is 15.3. The van der Waals surface area contributed by atoms with Crippen LogP contribution in [0.15, 0.2) is 51.7 Å². The molecule has 3 aromatic heterocycles. The molecular formula is C12H9BrClN5O2S2. The molecule has 0 saturated heterocycles. The van der Waals surface area contributed by atoms with E-state index < -0.39 is 10.0 Å². The minimum atomic E-state index is -3.85. The molecule has 11 heteroatoms. The van der Waals surface area contributed by atoms with Gasteiger partial charge < -0.3 is 0 Å². The van der Waals surface area contributed by atoms with Gasteiger partial charge in [-0.3, -0.25) is 4.40 Å². The van der Waals surface area contributed by atoms with Crippen LogP contribution in [0.5, 0.6) is 0 Å². The number of para-hydroxylation sites is 1. The molecule has 0 saturated carbocycles. The number of benzene rings is 1. The molecule has 0 amide bonds. The number of fused-ring (bicyclic) bond motifs is 2. The van der Waals surface area contributed by atoms with Crippen LogP contribution >= 0.6 is 39.7 Å². The van der Waals surface area contributed by atoms with Crippen LogP contribution in [0, 0.1) is 0 Å². The third kappa shape index (κ3) is 2.61. The number of thiazole rings is 1. The van der Waals surface area contributed by atoms with Crippen molar-refractivity contribution in [3.63, 3.8) is 0 Å². The Morgan fingerprint density at radius 2 is 2.04 bits per heavy atom. The van der Waals surface area contributed by atoms with Crippen molar-refractivity contribution in [3.05, 3.63) is 46.6 Å². The summed E-state index contributed by atoms with van der Waals surface area (Å²) in [6.45, 7) is 0. The van der Waals surface area contributed by atoms with Gasteiger partial charge in [0, 0.05) is 17.0 Å². The van der Waals surface area contributed by atoms with Crippen molar-refractivity contribution in [2.24, 2.45) is 0 Å². The van der Waals surface area contributed by atoms with E-state index in [9.17, 15) is 8.42 Å². The second-order valence-electron chi connectivity index (χ2n) is 4.47. The lowest BCUT2D eigenvalue weighted by Gasteiger charge is -2.08. The first-order chi connectivity index (χ1) is 10.6. The van der Waals surface area contributed by atoms with Crippen molar-refractivity contribution in [1.82, 2.24) is 19.3 Å². The molecule has 1 aromatic carbocycles. The summed E-state index contributed by atoms with van der Waals surface area (Å²) in [6, 6.07) is 7.33. The Balaban J connectivity index is 0.00000156. The van der Waals surface area contributed by atoms with Gasteiger partial charge in [0.15, 0.2) is 9.99 Å². The Hall–Kier alpha value is -1.62. The maximum atomic E-state index is 12.7. The number of halogens is 2. The average Bonchev–Trinajstić information content (AvgIpc) is 3.13. The number of imidazole rings is 1. The second-order valence-corrected chi connectivity index (χ2v) is 7.67. The van der Waals surface area contributed by atoms with Gasteiger partial charge in [0.25, 0.3) is 10.0 Å². The highest BCUT2D eigenvalue weighted by Gasteiger charge is 2.25. The summed E-state index contributed by atoms with van der Waals surface area (Å²) in [5, 5.41) is 6.74. The Morgan fingerprint density at radius 1 is 1.26 bits per heavy atom. The van der Waals surface area contributed by atoms with E-state index in [1.165, 1.54) is 20.5 Å². The van der Waals surface area contributed by atoms with Crippen LogP contribution in [0.3, 0.4) is 0 Å². The minimum absolute atomic E-state index is 0. The summed E-state index contributed by atoms with van der Waals surface area (Å²) in [4.78, 5) is 8.47. The van der Waals surface area contributed by atoms with E-state index in [2.05, 4.69) is 30.8 Å². The van der Waals surface area contributed by atoms with Crippen LogP contribution < -0.4 is 4.83 Å². The fourth-order valence-corrected chi connectivity index (χ4v) is 5.20. The third-order valence-electron chi connectivity index (χ3n) is 3.12. The van der Waals surface area contributed by atoms with Gasteiger partial charge in [0.2, 0.25) is 0 Å². The highest BCUT2D eigenvalue weighted by Crippen LogP contribution is 2.26. The number of sulfonamides is 1. The van der Waals surface area contributed by atoms with Gasteiger partial charge in [0.1, 0.15) is 4.60 Å². The predicted octanol–water partition coefficient (Wildman–Crippen LogP) is 2.86. The molecule has 0 spiro atoms. The number of aromatic nitrogens is 4. The van der Waals surface area contributed by atoms with Gasteiger partial charge in [0.05, 0.1) is 11.7 Å². The first-order valence-corrected chi connectivity index (χ1v) is 9.28. The lowest BCUT2D eigenvalue weighted by Crippen LogP contribution is -2.25. The van der Waals surface area contributed by atoms with Gasteiger partial charge in [-0.15, -0.1) is 23.7 Å². The Morgan fingerprint density at radius 3 is 2.87 bits per heavy atom. The average molecular weight is 435 g/mol. The van der Waals surface area contributed by atoms with Gasteiger partial charge in [-0.2, -0.15) is 23.1 Å². The predicted molar refractivity (Wildman–Crippen MR) is 94.3 cm³/mol. The van der Waals surface area contributed by atoms with E-state index in [1.54, 1.807) is 23.8 Å². The Bertz CT molecular complexity index is 1100. The van der Waals surface area contributed by atoms with Crippen molar-refractivity contribution in [3.8, 4) is 0 Å². The molecule has 4 aromatic rings. The van der Waals surface area contributed by atoms with Crippen LogP contribution in [0.1, 0.15) is 0 Å². The fraction of sp³-hybridized carbons (Fsp3) is 0. The molecular weight excluding hydrogens is 426 g/mol. The van der Waals surface area contributed by atoms with Crippen molar-refractivity contribution < 1.29 is 8.42 Å². The van der Waals surface area contributed by atoms with Gasteiger partial charge in [-0.25, -0.2) is 4.98 Å². The summed E-state index contributed by atoms with van der Waals surface area (Å²) in [6.07, 6.45) is 3.26. The number of nitrogens with zero attached hydrogens (tertiary/aromatic N) is 4. The normalized spacial score (nSPS) is 11.7. The highest BCUT2D eigenvalue weighted by atomic mass is 79.9. The molecule has 120 valence electrons. The van der Waals surface area contributed by atoms with E-state index in [1.807, 2.05) is 18.2 Å². The number of hydrogen-bond acceptors (Lipinski definition) is 5. The first kappa shape index (κ1) is 16.2. The number of nitrogens with one attached hydrogen (secondary N) is 1. The standard InChI is InChI=1S/C12H8BrN5O2S2.ClH/c13-10-11(17-5-6-21-12(17)15-10)22(19,20)16-18-9-4-2-1-3-8(9)7-14-18;/h1-7,16H;1H. The van der Waals surface area contributed by atoms with E-state index in [0.29, 0.717) is 10.5 Å². The molecule has 0 atom stereocenters. The summed E-state index contributed by atoms with van der Waals surface area (Å²) >= 11 is 4.56. The van der Waals surface area contributed by atoms with Crippen LogP contribution in [-0.2, 0) is 10.0 Å². The second kappa shape index (κ2) is 5.78. The SMILES string of the molecule is Cl.O=S(=O)(Nn1ncc2ccccc21)c1c(Br)nc2sccn12. The summed E-state index contributed by atoms with van der Waals surface area (Å²) in [5.74, 6) is 0. The lowest BCUT2D eigenvalue weighted by molar-refractivity contribution is 0.587. The van der Waals surface area contributed by atoms with Crippen molar-refractivity contribution in [1.29, 1.82) is 0 Å². The van der Waals surface area contributed by atoms with Gasteiger partial charge in [-0.1, -0.05) is 18.2 Å². The van der Waals surface area contributed by atoms with E-state index in [0.717, 1.165) is 5.39 Å². The van der Waals surface area contributed by atoms with E-state index >= 15 is 0 Å². The van der Waals surface area contributed by atoms with Crippen LogP contribution in [0.4, 0.5) is 0 Å². The smallest absolute Gasteiger partial charge is 0.278 e. The van der Waals surface area contributed by atoms with Crippen molar-refractivity contribution >= 4 is 65.6 Å². The zero-order valence-electron chi connectivity index (χ0n) is 11.2. The quantitative estimate of drug-likeness (QED) is 0.537. The van der Waals surface area contributed by atoms with E-state index in [-0.39, 0.29) is 22.0 Å². The monoisotopic (exact) mass is 433 g/mol. The van der Waals surface area contributed by atoms with E-state index in [4.69, 9.17) is 0 Å². The summed E-state index contributed by atoms with van der Waals surface area (Å²) < 4.78 is 27.1. The lowest BCUT2D eigenvalue weighted by atomic mass is 10.3. The molecule has 4 rings (SSSR count). The van der Waals surface area contributed by atoms with Gasteiger partial charge in [-0.05, 0) is 22.0 Å². The topological polar surface area (TPSA) is 81.3 Å². The molecule has 0 unspecified atom stereocenters. The van der Waals surface area contributed by atoms with Gasteiger partial charge >= 0.3 is 0 Å². The Kier molecular flexibility index (Phi) is 4.08. The molecule has 7 nitrogen and oxygen atoms in total. The number of rotatable bonds is 3. The molecule has 0 aliphatic heterocycles. The molecule has 0 fully saturated rings. The molecule has 23 heavy (non-hydrogen) atoms. The summed E-state index contributed by atoms with van der Waals surface area (Å²) in [7, 11) is -3.85. The van der Waals surface area contributed by atoms with Crippen molar-refractivity contribution in [2.75, 3.05) is 4.83 Å². The molecule has 0 bridgehead atoms. The number of hydrogen-bond donors (Lipinski definition) is 1. The maximum Gasteiger partial charge on any atom is 0.295 e. The van der Waals surface area contributed by atoms with Crippen LogP contribution in [-0.4, -0.2) is 27.7 Å². The van der Waals surface area contributed by atoms with Crippen molar-refractivity contribution in [2.45, 2.75) is 5.03 Å². The fourth-order valence-electron chi connectivity index (χ4n) is 2.18.